The molecule has 0 saturated heterocycles. The number of benzene rings is 1. The van der Waals surface area contributed by atoms with Crippen molar-refractivity contribution in [1.82, 2.24) is 0 Å². The molecule has 2 atom stereocenters. The highest BCUT2D eigenvalue weighted by molar-refractivity contribution is 5.36. The van der Waals surface area contributed by atoms with Crippen LogP contribution >= 0.6 is 0 Å². The van der Waals surface area contributed by atoms with Crippen molar-refractivity contribution in [3.05, 3.63) is 34.9 Å². The van der Waals surface area contributed by atoms with E-state index in [0.717, 1.165) is 25.7 Å². The Morgan fingerprint density at radius 2 is 2.09 bits per heavy atom. The van der Waals surface area contributed by atoms with Gasteiger partial charge in [-0.05, 0) is 73.1 Å². The lowest BCUT2D eigenvalue weighted by Gasteiger charge is -2.26. The minimum atomic E-state index is 0.535. The van der Waals surface area contributed by atoms with Crippen molar-refractivity contribution in [1.29, 1.82) is 0 Å². The molecule has 1 aromatic rings. The Morgan fingerprint density at radius 1 is 1.26 bits per heavy atom. The van der Waals surface area contributed by atoms with Gasteiger partial charge in [0.2, 0.25) is 0 Å². The van der Waals surface area contributed by atoms with E-state index in [9.17, 15) is 0 Å². The van der Waals surface area contributed by atoms with Gasteiger partial charge in [0.1, 0.15) is 0 Å². The number of nitrogens with two attached hydrogens (primary N) is 1. The standard InChI is InChI=1S/C21H35NO/c1-4-5-21(14-22)20-9-8-18-12-17(6-7-19(18)13-20)10-11-23-15-16(2)3/h8-9,13,16-17,21H,4-7,10-12,14-15,22H2,1-3H3/t17-,21?/m0/s1. The monoisotopic (exact) mass is 317 g/mol. The van der Waals surface area contributed by atoms with Gasteiger partial charge in [-0.3, -0.25) is 0 Å². The second kappa shape index (κ2) is 9.44. The lowest BCUT2D eigenvalue weighted by Crippen LogP contribution is -2.18. The van der Waals surface area contributed by atoms with Gasteiger partial charge in [0.25, 0.3) is 0 Å². The summed E-state index contributed by atoms with van der Waals surface area (Å²) >= 11 is 0. The second-order valence-electron chi connectivity index (χ2n) is 7.62. The summed E-state index contributed by atoms with van der Waals surface area (Å²) in [5, 5.41) is 0. The van der Waals surface area contributed by atoms with E-state index in [1.54, 1.807) is 11.1 Å². The lowest BCUT2D eigenvalue weighted by atomic mass is 9.80. The summed E-state index contributed by atoms with van der Waals surface area (Å²) in [5.41, 5.74) is 10.5. The molecule has 2 N–H and O–H groups in total. The van der Waals surface area contributed by atoms with Crippen LogP contribution in [0, 0.1) is 11.8 Å². The van der Waals surface area contributed by atoms with Gasteiger partial charge in [-0.15, -0.1) is 0 Å². The van der Waals surface area contributed by atoms with Gasteiger partial charge >= 0.3 is 0 Å². The molecule has 0 bridgehead atoms. The zero-order chi connectivity index (χ0) is 16.7. The third-order valence-corrected chi connectivity index (χ3v) is 5.08. The van der Waals surface area contributed by atoms with Crippen molar-refractivity contribution < 1.29 is 4.74 Å². The van der Waals surface area contributed by atoms with E-state index in [2.05, 4.69) is 39.0 Å². The molecule has 0 saturated carbocycles. The number of aryl methyl sites for hydroxylation is 1. The maximum atomic E-state index is 5.96. The molecule has 0 heterocycles. The Hall–Kier alpha value is -0.860. The number of hydrogen-bond acceptors (Lipinski definition) is 2. The summed E-state index contributed by atoms with van der Waals surface area (Å²) in [6.07, 6.45) is 7.36. The Labute approximate surface area is 142 Å². The van der Waals surface area contributed by atoms with E-state index in [1.807, 2.05) is 0 Å². The zero-order valence-electron chi connectivity index (χ0n) is 15.3. The van der Waals surface area contributed by atoms with Gasteiger partial charge in [-0.25, -0.2) is 0 Å². The first-order chi connectivity index (χ1) is 11.1. The van der Waals surface area contributed by atoms with E-state index in [4.69, 9.17) is 10.5 Å². The van der Waals surface area contributed by atoms with Gasteiger partial charge in [-0.2, -0.15) is 0 Å². The molecule has 1 aromatic carbocycles. The molecule has 2 nitrogen and oxygen atoms in total. The molecule has 0 fully saturated rings. The summed E-state index contributed by atoms with van der Waals surface area (Å²) in [4.78, 5) is 0. The third-order valence-electron chi connectivity index (χ3n) is 5.08. The Bertz CT molecular complexity index is 469. The highest BCUT2D eigenvalue weighted by atomic mass is 16.5. The van der Waals surface area contributed by atoms with Gasteiger partial charge < -0.3 is 10.5 Å². The molecule has 2 heteroatoms. The highest BCUT2D eigenvalue weighted by Crippen LogP contribution is 2.31. The van der Waals surface area contributed by atoms with Crippen molar-refractivity contribution in [2.75, 3.05) is 19.8 Å². The van der Waals surface area contributed by atoms with Crippen LogP contribution in [-0.4, -0.2) is 19.8 Å². The Kier molecular flexibility index (Phi) is 7.58. The molecular formula is C21H35NO. The van der Waals surface area contributed by atoms with Crippen molar-refractivity contribution in [3.63, 3.8) is 0 Å². The number of hydrogen-bond donors (Lipinski definition) is 1. The molecule has 130 valence electrons. The van der Waals surface area contributed by atoms with E-state index in [1.165, 1.54) is 44.1 Å². The Morgan fingerprint density at radius 3 is 2.78 bits per heavy atom. The van der Waals surface area contributed by atoms with E-state index in [-0.39, 0.29) is 0 Å². The average Bonchev–Trinajstić information content (AvgIpc) is 2.56. The molecule has 0 aromatic heterocycles. The maximum Gasteiger partial charge on any atom is 0.0488 e. The molecule has 1 unspecified atom stereocenters. The molecule has 2 rings (SSSR count). The van der Waals surface area contributed by atoms with Gasteiger partial charge in [0.05, 0.1) is 0 Å². The zero-order valence-corrected chi connectivity index (χ0v) is 15.3. The fourth-order valence-electron chi connectivity index (χ4n) is 3.69. The predicted molar refractivity (Wildman–Crippen MR) is 98.9 cm³/mol. The van der Waals surface area contributed by atoms with Crippen LogP contribution in [0.2, 0.25) is 0 Å². The van der Waals surface area contributed by atoms with Crippen LogP contribution in [-0.2, 0) is 17.6 Å². The quantitative estimate of drug-likeness (QED) is 0.670. The predicted octanol–water partition coefficient (Wildman–Crippen LogP) is 4.70. The topological polar surface area (TPSA) is 35.2 Å². The minimum Gasteiger partial charge on any atom is -0.381 e. The first-order valence-corrected chi connectivity index (χ1v) is 9.53. The van der Waals surface area contributed by atoms with Gasteiger partial charge in [0, 0.05) is 13.2 Å². The maximum absolute atomic E-state index is 5.96. The number of fused-ring (bicyclic) bond motifs is 1. The van der Waals surface area contributed by atoms with Crippen LogP contribution in [0.1, 0.15) is 69.1 Å². The highest BCUT2D eigenvalue weighted by Gasteiger charge is 2.20. The van der Waals surface area contributed by atoms with E-state index in [0.29, 0.717) is 11.8 Å². The summed E-state index contributed by atoms with van der Waals surface area (Å²) < 4.78 is 5.76. The smallest absolute Gasteiger partial charge is 0.0488 e. The first kappa shape index (κ1) is 18.5. The van der Waals surface area contributed by atoms with Gasteiger partial charge in [-0.1, -0.05) is 45.4 Å². The molecule has 1 aliphatic rings. The van der Waals surface area contributed by atoms with Crippen LogP contribution < -0.4 is 5.73 Å². The first-order valence-electron chi connectivity index (χ1n) is 9.53. The van der Waals surface area contributed by atoms with Crippen LogP contribution in [0.25, 0.3) is 0 Å². The molecule has 0 aliphatic heterocycles. The van der Waals surface area contributed by atoms with E-state index >= 15 is 0 Å². The number of ether oxygens (including phenoxy) is 1. The van der Waals surface area contributed by atoms with E-state index < -0.39 is 0 Å². The summed E-state index contributed by atoms with van der Waals surface area (Å²) in [7, 11) is 0. The average molecular weight is 318 g/mol. The van der Waals surface area contributed by atoms with Crippen LogP contribution in [0.15, 0.2) is 18.2 Å². The van der Waals surface area contributed by atoms with Crippen molar-refractivity contribution >= 4 is 0 Å². The molecule has 0 amide bonds. The molecule has 0 radical (unpaired) electrons. The van der Waals surface area contributed by atoms with Crippen molar-refractivity contribution in [3.8, 4) is 0 Å². The summed E-state index contributed by atoms with van der Waals surface area (Å²) in [6.45, 7) is 9.24. The Balaban J connectivity index is 1.89. The molecule has 0 spiro atoms. The summed E-state index contributed by atoms with van der Waals surface area (Å²) in [5.74, 6) is 1.97. The van der Waals surface area contributed by atoms with Crippen LogP contribution in [0.3, 0.4) is 0 Å². The fourth-order valence-corrected chi connectivity index (χ4v) is 3.69. The SMILES string of the molecule is CCCC(CN)c1ccc2c(c1)CC[C@@H](CCOCC(C)C)C2. The van der Waals surface area contributed by atoms with Gasteiger partial charge in [0.15, 0.2) is 0 Å². The normalized spacial score (nSPS) is 18.9. The molecule has 1 aliphatic carbocycles. The van der Waals surface area contributed by atoms with Crippen molar-refractivity contribution in [2.24, 2.45) is 17.6 Å². The molecular weight excluding hydrogens is 282 g/mol. The second-order valence-corrected chi connectivity index (χ2v) is 7.62. The third kappa shape index (κ3) is 5.61. The minimum absolute atomic E-state index is 0.535. The van der Waals surface area contributed by atoms with Crippen LogP contribution in [0.5, 0.6) is 0 Å². The largest absolute Gasteiger partial charge is 0.381 e. The molecule has 23 heavy (non-hydrogen) atoms. The van der Waals surface area contributed by atoms with Crippen molar-refractivity contribution in [2.45, 2.75) is 65.2 Å². The van der Waals surface area contributed by atoms with Crippen LogP contribution in [0.4, 0.5) is 0 Å². The lowest BCUT2D eigenvalue weighted by molar-refractivity contribution is 0.0962. The fraction of sp³-hybridized carbons (Fsp3) is 0.714. The number of rotatable bonds is 9. The summed E-state index contributed by atoms with van der Waals surface area (Å²) in [6, 6.07) is 7.13.